The minimum atomic E-state index is -0.418. The van der Waals surface area contributed by atoms with Crippen molar-refractivity contribution >= 4 is 12.0 Å². The van der Waals surface area contributed by atoms with Crippen LogP contribution in [0.15, 0.2) is 37.3 Å². The number of furan rings is 1. The van der Waals surface area contributed by atoms with E-state index in [2.05, 4.69) is 10.5 Å². The van der Waals surface area contributed by atoms with Crippen LogP contribution in [0.3, 0.4) is 0 Å². The van der Waals surface area contributed by atoms with Crippen LogP contribution in [-0.4, -0.2) is 15.3 Å². The molecule has 0 saturated carbocycles. The fraction of sp³-hybridized carbons (Fsp3) is 0.250. The van der Waals surface area contributed by atoms with Crippen molar-refractivity contribution in [2.75, 3.05) is 5.43 Å². The number of rotatable bonds is 3. The highest BCUT2D eigenvalue weighted by Gasteiger charge is 2.04. The van der Waals surface area contributed by atoms with Gasteiger partial charge in [-0.05, 0) is 19.1 Å². The molecule has 0 radical (unpaired) electrons. The molecule has 1 N–H and O–H groups in total. The molecule has 2 heterocycles. The Labute approximate surface area is 108 Å². The molecule has 0 atom stereocenters. The van der Waals surface area contributed by atoms with Crippen LogP contribution in [-0.2, 0) is 14.1 Å². The van der Waals surface area contributed by atoms with Gasteiger partial charge in [-0.2, -0.15) is 5.10 Å². The van der Waals surface area contributed by atoms with Crippen LogP contribution in [0.4, 0.5) is 5.82 Å². The zero-order valence-corrected chi connectivity index (χ0v) is 10.9. The monoisotopic (exact) mass is 262 g/mol. The smallest absolute Gasteiger partial charge is 0.332 e. The molecule has 2 aromatic rings. The van der Waals surface area contributed by atoms with Gasteiger partial charge in [-0.1, -0.05) is 0 Å². The van der Waals surface area contributed by atoms with E-state index < -0.39 is 11.2 Å². The van der Waals surface area contributed by atoms with E-state index in [-0.39, 0.29) is 0 Å². The van der Waals surface area contributed by atoms with Crippen molar-refractivity contribution in [2.24, 2.45) is 19.2 Å². The van der Waals surface area contributed by atoms with Gasteiger partial charge >= 0.3 is 5.69 Å². The summed E-state index contributed by atoms with van der Waals surface area (Å²) in [6.45, 7) is 1.83. The van der Waals surface area contributed by atoms with Gasteiger partial charge in [-0.3, -0.25) is 19.4 Å². The molecular formula is C12H14N4O3. The van der Waals surface area contributed by atoms with E-state index >= 15 is 0 Å². The lowest BCUT2D eigenvalue weighted by atomic mass is 10.4. The maximum Gasteiger partial charge on any atom is 0.332 e. The first-order valence-corrected chi connectivity index (χ1v) is 5.61. The molecule has 0 bridgehead atoms. The fourth-order valence-corrected chi connectivity index (χ4v) is 1.53. The zero-order chi connectivity index (χ0) is 14.0. The Morgan fingerprint density at radius 3 is 2.63 bits per heavy atom. The van der Waals surface area contributed by atoms with Gasteiger partial charge in [0, 0.05) is 20.2 Å². The van der Waals surface area contributed by atoms with Crippen molar-refractivity contribution < 1.29 is 4.42 Å². The van der Waals surface area contributed by atoms with Crippen LogP contribution in [0.5, 0.6) is 0 Å². The van der Waals surface area contributed by atoms with Crippen LogP contribution >= 0.6 is 0 Å². The van der Waals surface area contributed by atoms with E-state index in [1.807, 2.05) is 13.0 Å². The van der Waals surface area contributed by atoms with Crippen molar-refractivity contribution in [1.82, 2.24) is 9.13 Å². The summed E-state index contributed by atoms with van der Waals surface area (Å²) in [4.78, 5) is 23.2. The minimum absolute atomic E-state index is 0.313. The molecule has 2 rings (SSSR count). The van der Waals surface area contributed by atoms with E-state index in [0.717, 1.165) is 10.3 Å². The van der Waals surface area contributed by atoms with E-state index in [1.54, 1.807) is 13.1 Å². The summed E-state index contributed by atoms with van der Waals surface area (Å²) in [5, 5.41) is 3.92. The molecule has 7 nitrogen and oxygen atoms in total. The summed E-state index contributed by atoms with van der Waals surface area (Å²) in [6.07, 6.45) is 1.47. The normalized spacial score (nSPS) is 11.1. The first kappa shape index (κ1) is 12.9. The van der Waals surface area contributed by atoms with Crippen LogP contribution in [0, 0.1) is 6.92 Å². The quantitative estimate of drug-likeness (QED) is 0.642. The standard InChI is InChI=1S/C12H14N4O3/c1-8-4-5-9(19-8)7-13-14-10-6-11(17)16(3)12(18)15(10)2/h4-7,14H,1-3H3/b13-7-. The maximum atomic E-state index is 11.7. The Bertz CT molecular complexity index is 736. The maximum absolute atomic E-state index is 11.7. The highest BCUT2D eigenvalue weighted by molar-refractivity contribution is 5.76. The fourth-order valence-electron chi connectivity index (χ4n) is 1.53. The number of nitrogens with zero attached hydrogens (tertiary/aromatic N) is 3. The number of aryl methyl sites for hydroxylation is 1. The molecule has 0 saturated heterocycles. The van der Waals surface area contributed by atoms with Crippen LogP contribution in [0.1, 0.15) is 11.5 Å². The third-order valence-electron chi connectivity index (χ3n) is 2.66. The van der Waals surface area contributed by atoms with Gasteiger partial charge in [0.25, 0.3) is 5.56 Å². The Morgan fingerprint density at radius 1 is 1.26 bits per heavy atom. The van der Waals surface area contributed by atoms with Crippen molar-refractivity contribution in [3.8, 4) is 0 Å². The lowest BCUT2D eigenvalue weighted by Gasteiger charge is -2.07. The molecule has 0 amide bonds. The zero-order valence-electron chi connectivity index (χ0n) is 10.9. The minimum Gasteiger partial charge on any atom is -0.460 e. The molecule has 0 aliphatic carbocycles. The van der Waals surface area contributed by atoms with Crippen LogP contribution in [0.25, 0.3) is 0 Å². The Kier molecular flexibility index (Phi) is 3.37. The average molecular weight is 262 g/mol. The first-order chi connectivity index (χ1) is 8.99. The van der Waals surface area contributed by atoms with Gasteiger partial charge in [-0.25, -0.2) is 4.79 Å². The van der Waals surface area contributed by atoms with Gasteiger partial charge < -0.3 is 4.42 Å². The summed E-state index contributed by atoms with van der Waals surface area (Å²) in [6, 6.07) is 4.88. The molecule has 0 aromatic carbocycles. The second kappa shape index (κ2) is 4.97. The Balaban J connectivity index is 2.23. The third-order valence-corrected chi connectivity index (χ3v) is 2.66. The van der Waals surface area contributed by atoms with Gasteiger partial charge in [0.15, 0.2) is 0 Å². The van der Waals surface area contributed by atoms with E-state index in [1.165, 1.54) is 23.9 Å². The number of hydrazone groups is 1. The highest BCUT2D eigenvalue weighted by Crippen LogP contribution is 2.03. The summed E-state index contributed by atoms with van der Waals surface area (Å²) < 4.78 is 7.61. The number of nitrogens with one attached hydrogen (secondary N) is 1. The van der Waals surface area contributed by atoms with Crippen molar-refractivity contribution in [2.45, 2.75) is 6.92 Å². The van der Waals surface area contributed by atoms with Crippen LogP contribution < -0.4 is 16.7 Å². The summed E-state index contributed by atoms with van der Waals surface area (Å²) >= 11 is 0. The highest BCUT2D eigenvalue weighted by atomic mass is 16.3. The van der Waals surface area contributed by atoms with Crippen LogP contribution in [0.2, 0.25) is 0 Å². The largest absolute Gasteiger partial charge is 0.460 e. The van der Waals surface area contributed by atoms with Gasteiger partial charge in [0.2, 0.25) is 0 Å². The van der Waals surface area contributed by atoms with Gasteiger partial charge in [-0.15, -0.1) is 0 Å². The van der Waals surface area contributed by atoms with Crippen molar-refractivity contribution in [3.63, 3.8) is 0 Å². The van der Waals surface area contributed by atoms with Crippen molar-refractivity contribution in [1.29, 1.82) is 0 Å². The van der Waals surface area contributed by atoms with Gasteiger partial charge in [0.1, 0.15) is 17.3 Å². The first-order valence-electron chi connectivity index (χ1n) is 5.61. The predicted molar refractivity (Wildman–Crippen MR) is 71.6 cm³/mol. The predicted octanol–water partition coefficient (Wildman–Crippen LogP) is 0.431. The Hall–Kier alpha value is -2.57. The number of hydrogen-bond acceptors (Lipinski definition) is 5. The van der Waals surface area contributed by atoms with Crippen molar-refractivity contribution in [3.05, 3.63) is 50.6 Å². The second-order valence-electron chi connectivity index (χ2n) is 4.09. The lowest BCUT2D eigenvalue weighted by Crippen LogP contribution is -2.37. The topological polar surface area (TPSA) is 81.5 Å². The SMILES string of the molecule is Cc1ccc(/C=N\Nc2cc(=O)n(C)c(=O)n2C)o1. The second-order valence-corrected chi connectivity index (χ2v) is 4.09. The summed E-state index contributed by atoms with van der Waals surface area (Å²) in [5.41, 5.74) is 1.83. The number of hydrogen-bond donors (Lipinski definition) is 1. The van der Waals surface area contributed by atoms with E-state index in [9.17, 15) is 9.59 Å². The molecule has 0 spiro atoms. The Morgan fingerprint density at radius 2 is 2.00 bits per heavy atom. The summed E-state index contributed by atoms with van der Waals surface area (Å²) in [7, 11) is 2.97. The molecule has 19 heavy (non-hydrogen) atoms. The molecule has 7 heteroatoms. The molecule has 0 aliphatic heterocycles. The number of aromatic nitrogens is 2. The molecule has 100 valence electrons. The molecule has 0 fully saturated rings. The number of anilines is 1. The lowest BCUT2D eigenvalue weighted by molar-refractivity contribution is 0.528. The summed E-state index contributed by atoms with van der Waals surface area (Å²) in [5.74, 6) is 1.67. The molecule has 2 aromatic heterocycles. The van der Waals surface area contributed by atoms with E-state index in [0.29, 0.717) is 11.6 Å². The van der Waals surface area contributed by atoms with E-state index in [4.69, 9.17) is 4.42 Å². The van der Waals surface area contributed by atoms with Gasteiger partial charge in [0.05, 0.1) is 6.21 Å². The molecule has 0 unspecified atom stereocenters. The molecular weight excluding hydrogens is 248 g/mol. The average Bonchev–Trinajstić information content (AvgIpc) is 2.79. The molecule has 0 aliphatic rings. The third kappa shape index (κ3) is 2.65.